The summed E-state index contributed by atoms with van der Waals surface area (Å²) in [5.41, 5.74) is 2.40. The molecule has 1 aliphatic heterocycles. The highest BCUT2D eigenvalue weighted by molar-refractivity contribution is 7.99. The number of hydrogen-bond acceptors (Lipinski definition) is 4. The predicted molar refractivity (Wildman–Crippen MR) is 123 cm³/mol. The lowest BCUT2D eigenvalue weighted by Crippen LogP contribution is -2.30. The largest absolute Gasteiger partial charge is 0.323 e. The van der Waals surface area contributed by atoms with Crippen molar-refractivity contribution in [3.8, 4) is 0 Å². The van der Waals surface area contributed by atoms with Gasteiger partial charge < -0.3 is 10.6 Å². The molecule has 0 fully saturated rings. The van der Waals surface area contributed by atoms with Crippen molar-refractivity contribution in [1.29, 1.82) is 0 Å². The molecule has 2 N–H and O–H groups in total. The van der Waals surface area contributed by atoms with Crippen molar-refractivity contribution in [3.05, 3.63) is 90.0 Å². The van der Waals surface area contributed by atoms with Gasteiger partial charge in [-0.2, -0.15) is 0 Å². The van der Waals surface area contributed by atoms with E-state index in [1.807, 2.05) is 54.6 Å². The summed E-state index contributed by atoms with van der Waals surface area (Å²) < 4.78 is 0. The van der Waals surface area contributed by atoms with Crippen LogP contribution in [0.15, 0.2) is 83.8 Å². The molecule has 0 saturated carbocycles. The first kappa shape index (κ1) is 20.7. The van der Waals surface area contributed by atoms with Crippen LogP contribution in [-0.2, 0) is 0 Å². The van der Waals surface area contributed by atoms with Gasteiger partial charge in [0.25, 0.3) is 11.8 Å². The van der Waals surface area contributed by atoms with E-state index >= 15 is 0 Å². The summed E-state index contributed by atoms with van der Waals surface area (Å²) in [4.78, 5) is 39.2. The summed E-state index contributed by atoms with van der Waals surface area (Å²) in [5, 5.41) is 5.57. The molecule has 3 aromatic carbocycles. The predicted octanol–water partition coefficient (Wildman–Crippen LogP) is 5.11. The third kappa shape index (κ3) is 4.95. The first-order valence-corrected chi connectivity index (χ1v) is 10.9. The maximum atomic E-state index is 12.4. The number of nitrogens with one attached hydrogen (secondary N) is 2. The van der Waals surface area contributed by atoms with E-state index in [1.165, 1.54) is 4.90 Å². The maximum Gasteiger partial charge on any atom is 0.323 e. The molecular formula is C24H21N3O3S. The molecular weight excluding hydrogens is 410 g/mol. The van der Waals surface area contributed by atoms with Crippen molar-refractivity contribution in [2.45, 2.75) is 11.3 Å². The first-order chi connectivity index (χ1) is 15.1. The Morgan fingerprint density at radius 3 is 1.90 bits per heavy atom. The Labute approximate surface area is 184 Å². The number of rotatable bonds is 7. The molecule has 4 amide bonds. The number of urea groups is 1. The van der Waals surface area contributed by atoms with Gasteiger partial charge >= 0.3 is 6.03 Å². The van der Waals surface area contributed by atoms with Gasteiger partial charge in [-0.05, 0) is 60.7 Å². The number of amides is 4. The standard InChI is InChI=1S/C24H21N3O3S/c28-22-20-9-4-5-10-21(20)23(29)27(22)15-6-16-31-19-13-11-18(12-14-19)26-24(30)25-17-7-2-1-3-8-17/h1-5,7-14H,6,15-16H2,(H2,25,26,30). The number of thioether (sulfide) groups is 1. The molecule has 31 heavy (non-hydrogen) atoms. The van der Waals surface area contributed by atoms with Crippen LogP contribution < -0.4 is 10.6 Å². The number of para-hydroxylation sites is 1. The molecule has 0 spiro atoms. The number of anilines is 2. The van der Waals surface area contributed by atoms with E-state index < -0.39 is 0 Å². The molecule has 1 heterocycles. The highest BCUT2D eigenvalue weighted by Gasteiger charge is 2.34. The molecule has 0 aliphatic carbocycles. The molecule has 156 valence electrons. The van der Waals surface area contributed by atoms with Gasteiger partial charge in [-0.25, -0.2) is 4.79 Å². The lowest BCUT2D eigenvalue weighted by Gasteiger charge is -2.13. The maximum absolute atomic E-state index is 12.4. The summed E-state index contributed by atoms with van der Waals surface area (Å²) in [6, 6.07) is 23.4. The topological polar surface area (TPSA) is 78.5 Å². The van der Waals surface area contributed by atoms with Crippen molar-refractivity contribution in [2.75, 3.05) is 22.9 Å². The van der Waals surface area contributed by atoms with E-state index in [2.05, 4.69) is 10.6 Å². The van der Waals surface area contributed by atoms with Crippen LogP contribution in [-0.4, -0.2) is 35.0 Å². The summed E-state index contributed by atoms with van der Waals surface area (Å²) in [5.74, 6) is 0.346. The third-order valence-electron chi connectivity index (χ3n) is 4.82. The molecule has 4 rings (SSSR count). The van der Waals surface area contributed by atoms with Crippen LogP contribution >= 0.6 is 11.8 Å². The molecule has 0 saturated heterocycles. The average molecular weight is 432 g/mol. The molecule has 0 atom stereocenters. The lowest BCUT2D eigenvalue weighted by molar-refractivity contribution is 0.0655. The second kappa shape index (κ2) is 9.49. The number of imide groups is 1. The summed E-state index contributed by atoms with van der Waals surface area (Å²) in [6.45, 7) is 0.401. The molecule has 3 aromatic rings. The van der Waals surface area contributed by atoms with Crippen LogP contribution in [0.4, 0.5) is 16.2 Å². The van der Waals surface area contributed by atoms with Gasteiger partial charge in [-0.3, -0.25) is 14.5 Å². The molecule has 0 bridgehead atoms. The summed E-state index contributed by atoms with van der Waals surface area (Å²) in [7, 11) is 0. The van der Waals surface area contributed by atoms with E-state index in [9.17, 15) is 14.4 Å². The Hall–Kier alpha value is -3.58. The minimum Gasteiger partial charge on any atom is -0.308 e. The lowest BCUT2D eigenvalue weighted by atomic mass is 10.1. The molecule has 7 heteroatoms. The number of benzene rings is 3. The highest BCUT2D eigenvalue weighted by atomic mass is 32.2. The van der Waals surface area contributed by atoms with Crippen molar-refractivity contribution in [2.24, 2.45) is 0 Å². The van der Waals surface area contributed by atoms with Crippen LogP contribution in [0.1, 0.15) is 27.1 Å². The Morgan fingerprint density at radius 1 is 0.742 bits per heavy atom. The normalized spacial score (nSPS) is 12.6. The van der Waals surface area contributed by atoms with E-state index in [0.717, 1.165) is 16.3 Å². The number of carbonyl (C=O) groups excluding carboxylic acids is 3. The van der Waals surface area contributed by atoms with Gasteiger partial charge in [0.2, 0.25) is 0 Å². The fourth-order valence-electron chi connectivity index (χ4n) is 3.30. The number of fused-ring (bicyclic) bond motifs is 1. The molecule has 6 nitrogen and oxygen atoms in total. The van der Waals surface area contributed by atoms with Crippen molar-refractivity contribution >= 4 is 41.0 Å². The Balaban J connectivity index is 1.22. The van der Waals surface area contributed by atoms with E-state index in [-0.39, 0.29) is 17.8 Å². The SMILES string of the molecule is O=C(Nc1ccccc1)Nc1ccc(SCCCN2C(=O)c3ccccc3C2=O)cc1. The van der Waals surface area contributed by atoms with Gasteiger partial charge in [-0.1, -0.05) is 30.3 Å². The average Bonchev–Trinajstić information content (AvgIpc) is 3.03. The smallest absolute Gasteiger partial charge is 0.308 e. The zero-order valence-corrected chi connectivity index (χ0v) is 17.5. The van der Waals surface area contributed by atoms with Crippen molar-refractivity contribution in [3.63, 3.8) is 0 Å². The number of hydrogen-bond donors (Lipinski definition) is 2. The van der Waals surface area contributed by atoms with Gasteiger partial charge in [-0.15, -0.1) is 11.8 Å². The fourth-order valence-corrected chi connectivity index (χ4v) is 4.14. The monoisotopic (exact) mass is 431 g/mol. The van der Waals surface area contributed by atoms with Crippen LogP contribution in [0.2, 0.25) is 0 Å². The van der Waals surface area contributed by atoms with E-state index in [0.29, 0.717) is 29.8 Å². The zero-order valence-electron chi connectivity index (χ0n) is 16.7. The summed E-state index contributed by atoms with van der Waals surface area (Å²) >= 11 is 1.64. The van der Waals surface area contributed by atoms with Gasteiger partial charge in [0.05, 0.1) is 11.1 Å². The minimum atomic E-state index is -0.299. The molecule has 0 radical (unpaired) electrons. The van der Waals surface area contributed by atoms with Crippen molar-refractivity contribution in [1.82, 2.24) is 4.90 Å². The van der Waals surface area contributed by atoms with Crippen LogP contribution in [0, 0.1) is 0 Å². The Morgan fingerprint density at radius 2 is 1.29 bits per heavy atom. The first-order valence-electron chi connectivity index (χ1n) is 9.93. The molecule has 0 aromatic heterocycles. The van der Waals surface area contributed by atoms with Gasteiger partial charge in [0, 0.05) is 22.8 Å². The fraction of sp³-hybridized carbons (Fsp3) is 0.125. The third-order valence-corrected chi connectivity index (χ3v) is 5.92. The number of carbonyl (C=O) groups is 3. The van der Waals surface area contributed by atoms with Gasteiger partial charge in [0.1, 0.15) is 0 Å². The molecule has 0 unspecified atom stereocenters. The van der Waals surface area contributed by atoms with Crippen LogP contribution in [0.25, 0.3) is 0 Å². The highest BCUT2D eigenvalue weighted by Crippen LogP contribution is 2.24. The quantitative estimate of drug-likeness (QED) is 0.310. The second-order valence-electron chi connectivity index (χ2n) is 6.98. The van der Waals surface area contributed by atoms with Crippen molar-refractivity contribution < 1.29 is 14.4 Å². The van der Waals surface area contributed by atoms with Crippen LogP contribution in [0.3, 0.4) is 0 Å². The van der Waals surface area contributed by atoms with Crippen LogP contribution in [0.5, 0.6) is 0 Å². The van der Waals surface area contributed by atoms with Gasteiger partial charge in [0.15, 0.2) is 0 Å². The zero-order chi connectivity index (χ0) is 21.6. The van der Waals surface area contributed by atoms with E-state index in [1.54, 1.807) is 36.0 Å². The molecule has 1 aliphatic rings. The van der Waals surface area contributed by atoms with E-state index in [4.69, 9.17) is 0 Å². The second-order valence-corrected chi connectivity index (χ2v) is 8.15. The Bertz CT molecular complexity index is 1070. The summed E-state index contributed by atoms with van der Waals surface area (Å²) in [6.07, 6.45) is 0.704. The Kier molecular flexibility index (Phi) is 6.33. The minimum absolute atomic E-state index is 0.213. The number of nitrogens with zero attached hydrogens (tertiary/aromatic N) is 1.